The van der Waals surface area contributed by atoms with Gasteiger partial charge in [-0.25, -0.2) is 14.8 Å². The van der Waals surface area contributed by atoms with Crippen LogP contribution in [0.25, 0.3) is 0 Å². The van der Waals surface area contributed by atoms with E-state index in [0.29, 0.717) is 44.1 Å². The lowest BCUT2D eigenvalue weighted by Gasteiger charge is -2.24. The van der Waals surface area contributed by atoms with Crippen LogP contribution in [-0.4, -0.2) is 19.0 Å². The Hall–Kier alpha value is -4.21. The Bertz CT molecular complexity index is 1570. The van der Waals surface area contributed by atoms with Gasteiger partial charge in [0.15, 0.2) is 11.2 Å². The van der Waals surface area contributed by atoms with Gasteiger partial charge in [0.25, 0.3) is 5.91 Å². The molecule has 3 aromatic rings. The third-order valence-corrected chi connectivity index (χ3v) is 6.41. The minimum absolute atomic E-state index is 0.0308. The van der Waals surface area contributed by atoms with E-state index in [-0.39, 0.29) is 18.0 Å². The fourth-order valence-electron chi connectivity index (χ4n) is 4.57. The molecule has 0 radical (unpaired) electrons. The molecule has 1 saturated heterocycles. The number of ether oxygens (including phenoxy) is 1. The number of anilines is 2. The van der Waals surface area contributed by atoms with E-state index in [2.05, 4.69) is 10.9 Å². The molecule has 9 nitrogen and oxygen atoms in total. The molecule has 0 saturated carbocycles. The van der Waals surface area contributed by atoms with Crippen LogP contribution in [0.2, 0.25) is 5.02 Å². The van der Waals surface area contributed by atoms with Gasteiger partial charge in [0, 0.05) is 28.8 Å². The molecule has 3 aliphatic rings. The van der Waals surface area contributed by atoms with E-state index in [1.54, 1.807) is 30.3 Å². The maximum atomic E-state index is 13.5. The summed E-state index contributed by atoms with van der Waals surface area (Å²) in [7, 11) is 1.50. The Kier molecular flexibility index (Phi) is 4.84. The zero-order valence-electron chi connectivity index (χ0n) is 18.4. The largest absolute Gasteiger partial charge is 0.494 e. The molecular formula is C25H18ClN5O4. The first-order valence-electron chi connectivity index (χ1n) is 10.8. The smallest absolute Gasteiger partial charge is 0.378 e. The fourth-order valence-corrected chi connectivity index (χ4v) is 4.74. The number of rotatable bonds is 2. The Morgan fingerprint density at radius 1 is 1.06 bits per heavy atom. The number of halogens is 1. The predicted octanol–water partition coefficient (Wildman–Crippen LogP) is 2.53. The lowest BCUT2D eigenvalue weighted by molar-refractivity contribution is -0.140. The summed E-state index contributed by atoms with van der Waals surface area (Å²) in [4.78, 5) is 41.4. The van der Waals surface area contributed by atoms with Gasteiger partial charge in [-0.3, -0.25) is 9.79 Å². The summed E-state index contributed by atoms with van der Waals surface area (Å²) in [6.45, 7) is 0. The van der Waals surface area contributed by atoms with Gasteiger partial charge in [0.05, 0.1) is 23.5 Å². The van der Waals surface area contributed by atoms with E-state index < -0.39 is 11.5 Å². The molecule has 0 aliphatic carbocycles. The summed E-state index contributed by atoms with van der Waals surface area (Å²) in [5.41, 5.74) is 3.64. The number of methoxy groups -OCH3 is 1. The van der Waals surface area contributed by atoms with Crippen LogP contribution in [-0.2, 0) is 20.0 Å². The van der Waals surface area contributed by atoms with Crippen LogP contribution < -0.4 is 31.4 Å². The molecule has 1 spiro atoms. The number of amides is 1. The van der Waals surface area contributed by atoms with Crippen molar-refractivity contribution in [2.75, 3.05) is 17.4 Å². The fraction of sp³-hybridized carbons (Fsp3) is 0.120. The summed E-state index contributed by atoms with van der Waals surface area (Å²) in [6.07, 6.45) is 0.0308. The Morgan fingerprint density at radius 2 is 1.83 bits per heavy atom. The topological polar surface area (TPSA) is 105 Å². The second-order valence-corrected chi connectivity index (χ2v) is 8.61. The molecule has 3 aromatic carbocycles. The molecule has 35 heavy (non-hydrogen) atoms. The second-order valence-electron chi connectivity index (χ2n) is 8.18. The highest BCUT2D eigenvalue weighted by atomic mass is 35.5. The predicted molar refractivity (Wildman–Crippen MR) is 127 cm³/mol. The van der Waals surface area contributed by atoms with E-state index in [9.17, 15) is 9.59 Å². The van der Waals surface area contributed by atoms with Crippen LogP contribution in [0.4, 0.5) is 11.4 Å². The van der Waals surface area contributed by atoms with Crippen molar-refractivity contribution in [2.45, 2.75) is 12.0 Å². The van der Waals surface area contributed by atoms with Gasteiger partial charge in [-0.05, 0) is 30.3 Å². The molecule has 1 atom stereocenters. The third kappa shape index (κ3) is 3.28. The van der Waals surface area contributed by atoms with Crippen molar-refractivity contribution in [1.29, 1.82) is 0 Å². The molecule has 10 heteroatoms. The van der Waals surface area contributed by atoms with Crippen LogP contribution >= 0.6 is 11.6 Å². The van der Waals surface area contributed by atoms with Crippen molar-refractivity contribution >= 4 is 34.9 Å². The van der Waals surface area contributed by atoms with Gasteiger partial charge < -0.3 is 14.9 Å². The first-order valence-corrected chi connectivity index (χ1v) is 11.2. The zero-order valence-corrected chi connectivity index (χ0v) is 19.2. The number of fused-ring (bicyclic) bond motifs is 3. The maximum Gasteiger partial charge on any atom is 0.378 e. The maximum absolute atomic E-state index is 13.5. The van der Waals surface area contributed by atoms with E-state index in [1.807, 2.05) is 36.4 Å². The lowest BCUT2D eigenvalue weighted by Crippen LogP contribution is -2.36. The number of carbonyl (C=O) groups excluding carboxylic acids is 2. The quantitative estimate of drug-likeness (QED) is 0.538. The number of benzene rings is 3. The van der Waals surface area contributed by atoms with Gasteiger partial charge >= 0.3 is 5.97 Å². The van der Waals surface area contributed by atoms with Gasteiger partial charge in [0.1, 0.15) is 11.4 Å². The molecule has 0 aromatic heterocycles. The zero-order chi connectivity index (χ0) is 24.2. The normalized spacial score (nSPS) is 22.5. The van der Waals surface area contributed by atoms with Crippen molar-refractivity contribution in [1.82, 2.24) is 5.59 Å². The first-order chi connectivity index (χ1) is 17.0. The Morgan fingerprint density at radius 3 is 2.66 bits per heavy atom. The molecular weight excluding hydrogens is 470 g/mol. The highest BCUT2D eigenvalue weighted by Crippen LogP contribution is 2.45. The number of carbonyl (C=O) groups is 2. The standard InChI is InChI=1S/C25H18ClN5O4/c1-34-21-12-14(26)10-11-20(21)31-22(23(32)35-30-31)19-13-25(29-18-9-5-4-8-17(18)27-19)15-6-2-3-7-16(15)28-24(25)33/h2-12,30H,13H2,1H3,(H,28,33)/b22-19-. The monoisotopic (exact) mass is 487 g/mol. The molecule has 3 heterocycles. The number of para-hydroxylation sites is 3. The summed E-state index contributed by atoms with van der Waals surface area (Å²) in [6, 6.07) is 19.6. The molecule has 2 N–H and O–H groups in total. The van der Waals surface area contributed by atoms with Crippen molar-refractivity contribution < 1.29 is 19.2 Å². The molecule has 6 rings (SSSR count). The van der Waals surface area contributed by atoms with E-state index in [4.69, 9.17) is 31.2 Å². The summed E-state index contributed by atoms with van der Waals surface area (Å²) in [5.74, 6) is -0.528. The molecule has 3 aliphatic heterocycles. The van der Waals surface area contributed by atoms with E-state index >= 15 is 0 Å². The minimum Gasteiger partial charge on any atom is -0.494 e. The number of nitrogens with one attached hydrogen (secondary N) is 2. The first kappa shape index (κ1) is 21.3. The third-order valence-electron chi connectivity index (χ3n) is 6.17. The molecule has 0 bridgehead atoms. The number of nitrogens with zero attached hydrogens (tertiary/aromatic N) is 3. The van der Waals surface area contributed by atoms with Crippen molar-refractivity contribution in [2.24, 2.45) is 9.98 Å². The van der Waals surface area contributed by atoms with Gasteiger partial charge in [-0.1, -0.05) is 47.5 Å². The molecule has 1 unspecified atom stereocenters. The molecule has 1 fully saturated rings. The second kappa shape index (κ2) is 7.93. The molecule has 174 valence electrons. The van der Waals surface area contributed by atoms with Crippen LogP contribution in [0.3, 0.4) is 0 Å². The number of hydrogen-bond acceptors (Lipinski definition) is 8. The van der Waals surface area contributed by atoms with Crippen LogP contribution in [0.15, 0.2) is 88.1 Å². The van der Waals surface area contributed by atoms with Crippen molar-refractivity contribution in [3.05, 3.63) is 99.4 Å². The summed E-state index contributed by atoms with van der Waals surface area (Å²) >= 11 is 6.14. The lowest BCUT2D eigenvalue weighted by atomic mass is 9.86. The van der Waals surface area contributed by atoms with Crippen molar-refractivity contribution in [3.63, 3.8) is 0 Å². The molecule has 1 amide bonds. The van der Waals surface area contributed by atoms with Gasteiger partial charge in [-0.2, -0.15) is 0 Å². The number of hydrazine groups is 1. The SMILES string of the molecule is COc1cc(Cl)ccc1N1NOC(=O)/C1=C1\CC2(N=c3ccccc3=N1)C(=O)Nc1ccccc12. The van der Waals surface area contributed by atoms with Gasteiger partial charge in [0.2, 0.25) is 0 Å². The highest BCUT2D eigenvalue weighted by Gasteiger charge is 2.49. The average molecular weight is 488 g/mol. The van der Waals surface area contributed by atoms with Crippen LogP contribution in [0.5, 0.6) is 5.75 Å². The summed E-state index contributed by atoms with van der Waals surface area (Å²) < 4.78 is 5.48. The summed E-state index contributed by atoms with van der Waals surface area (Å²) in [5, 5.41) is 5.92. The Balaban J connectivity index is 1.63. The minimum atomic E-state index is -1.31. The van der Waals surface area contributed by atoms with Gasteiger partial charge in [-0.15, -0.1) is 0 Å². The average Bonchev–Trinajstić information content (AvgIpc) is 3.29. The highest BCUT2D eigenvalue weighted by molar-refractivity contribution is 6.30. The van der Waals surface area contributed by atoms with Crippen LogP contribution in [0, 0.1) is 0 Å². The number of hydrogen-bond donors (Lipinski definition) is 2. The van der Waals surface area contributed by atoms with Crippen molar-refractivity contribution in [3.8, 4) is 5.75 Å². The van der Waals surface area contributed by atoms with Crippen LogP contribution in [0.1, 0.15) is 12.0 Å². The van der Waals surface area contributed by atoms with E-state index in [0.717, 1.165) is 0 Å². The Labute approximate surface area is 204 Å². The van der Waals surface area contributed by atoms with E-state index in [1.165, 1.54) is 12.1 Å².